The molecular weight excluding hydrogens is 357 g/mol. The molecule has 1 saturated heterocycles. The topological polar surface area (TPSA) is 51.4 Å². The molecule has 1 fully saturated rings. The van der Waals surface area contributed by atoms with E-state index in [9.17, 15) is 4.39 Å². The van der Waals surface area contributed by atoms with Crippen molar-refractivity contribution in [2.24, 2.45) is 0 Å². The first-order valence-corrected chi connectivity index (χ1v) is 9.61. The fraction of sp³-hybridized carbons (Fsp3) is 0.364. The number of ether oxygens (including phenoxy) is 1. The van der Waals surface area contributed by atoms with Crippen LogP contribution in [-0.2, 0) is 6.54 Å². The third-order valence-corrected chi connectivity index (χ3v) is 5.29. The summed E-state index contributed by atoms with van der Waals surface area (Å²) in [4.78, 5) is 11.6. The second kappa shape index (κ2) is 8.10. The number of aromatic nitrogens is 2. The van der Waals surface area contributed by atoms with Gasteiger partial charge in [0.2, 0.25) is 5.89 Å². The van der Waals surface area contributed by atoms with E-state index in [2.05, 4.69) is 20.9 Å². The van der Waals surface area contributed by atoms with Gasteiger partial charge in [0.15, 0.2) is 0 Å². The Hall–Kier alpha value is -2.73. The Balaban J connectivity index is 1.60. The van der Waals surface area contributed by atoms with Gasteiger partial charge in [0.05, 0.1) is 30.1 Å². The quantitative estimate of drug-likeness (QED) is 0.628. The molecule has 2 aromatic heterocycles. The summed E-state index contributed by atoms with van der Waals surface area (Å²) in [6.07, 6.45) is 5.26. The highest BCUT2D eigenvalue weighted by molar-refractivity contribution is 5.57. The number of hydrogen-bond acceptors (Lipinski definition) is 5. The summed E-state index contributed by atoms with van der Waals surface area (Å²) >= 11 is 0. The predicted octanol–water partition coefficient (Wildman–Crippen LogP) is 4.92. The van der Waals surface area contributed by atoms with E-state index >= 15 is 0 Å². The van der Waals surface area contributed by atoms with Crippen molar-refractivity contribution in [2.75, 3.05) is 13.7 Å². The number of aryl methyl sites for hydroxylation is 1. The zero-order chi connectivity index (χ0) is 19.5. The summed E-state index contributed by atoms with van der Waals surface area (Å²) in [6, 6.07) is 10.9. The molecule has 0 spiro atoms. The number of piperidine rings is 1. The van der Waals surface area contributed by atoms with Crippen molar-refractivity contribution in [1.82, 2.24) is 14.9 Å². The van der Waals surface area contributed by atoms with Crippen molar-refractivity contribution in [3.8, 4) is 17.2 Å². The van der Waals surface area contributed by atoms with Crippen LogP contribution >= 0.6 is 0 Å². The molecule has 4 rings (SSSR count). The summed E-state index contributed by atoms with van der Waals surface area (Å²) in [6.45, 7) is 3.52. The van der Waals surface area contributed by atoms with Gasteiger partial charge in [0.1, 0.15) is 17.3 Å². The molecule has 3 heterocycles. The van der Waals surface area contributed by atoms with Crippen molar-refractivity contribution in [1.29, 1.82) is 0 Å². The van der Waals surface area contributed by atoms with Gasteiger partial charge >= 0.3 is 0 Å². The lowest BCUT2D eigenvalue weighted by Gasteiger charge is -2.34. The molecule has 146 valence electrons. The lowest BCUT2D eigenvalue weighted by atomic mass is 9.98. The van der Waals surface area contributed by atoms with Gasteiger partial charge in [-0.3, -0.25) is 9.88 Å². The van der Waals surface area contributed by atoms with Gasteiger partial charge in [-0.05, 0) is 56.6 Å². The van der Waals surface area contributed by atoms with Gasteiger partial charge in [-0.25, -0.2) is 9.37 Å². The van der Waals surface area contributed by atoms with Gasteiger partial charge in [-0.2, -0.15) is 0 Å². The second-order valence-corrected chi connectivity index (χ2v) is 7.10. The maximum atomic E-state index is 14.3. The summed E-state index contributed by atoms with van der Waals surface area (Å²) in [5, 5.41) is 0. The number of oxazole rings is 1. The van der Waals surface area contributed by atoms with E-state index < -0.39 is 0 Å². The molecule has 1 aromatic carbocycles. The Morgan fingerprint density at radius 1 is 1.25 bits per heavy atom. The molecule has 3 aromatic rings. The fourth-order valence-corrected chi connectivity index (χ4v) is 3.77. The summed E-state index contributed by atoms with van der Waals surface area (Å²) < 4.78 is 25.3. The number of hydrogen-bond donors (Lipinski definition) is 0. The Bertz CT molecular complexity index is 942. The zero-order valence-electron chi connectivity index (χ0n) is 16.2. The molecule has 0 bridgehead atoms. The number of methoxy groups -OCH3 is 1. The van der Waals surface area contributed by atoms with Crippen LogP contribution in [0.4, 0.5) is 4.39 Å². The lowest BCUT2D eigenvalue weighted by molar-refractivity contribution is 0.135. The molecule has 1 aliphatic rings. The molecule has 0 saturated carbocycles. The van der Waals surface area contributed by atoms with Crippen LogP contribution in [0.2, 0.25) is 0 Å². The number of nitrogens with zero attached hydrogens (tertiary/aromatic N) is 3. The monoisotopic (exact) mass is 381 g/mol. The minimum Gasteiger partial charge on any atom is -0.497 e. The molecule has 1 atom stereocenters. The molecule has 28 heavy (non-hydrogen) atoms. The van der Waals surface area contributed by atoms with Gasteiger partial charge in [-0.1, -0.05) is 12.5 Å². The van der Waals surface area contributed by atoms with Crippen molar-refractivity contribution < 1.29 is 13.5 Å². The van der Waals surface area contributed by atoms with E-state index in [4.69, 9.17) is 9.15 Å². The smallest absolute Gasteiger partial charge is 0.229 e. The molecule has 0 aliphatic carbocycles. The average Bonchev–Trinajstić information content (AvgIpc) is 3.09. The zero-order valence-corrected chi connectivity index (χ0v) is 16.2. The maximum Gasteiger partial charge on any atom is 0.229 e. The average molecular weight is 381 g/mol. The molecule has 6 heteroatoms. The third-order valence-electron chi connectivity index (χ3n) is 5.29. The number of likely N-dealkylation sites (tertiary alicyclic amines) is 1. The SMILES string of the molecule is COc1ccc(F)c(-c2nc(CN3CCCCC3c3ccccn3)c(C)o2)c1. The Morgan fingerprint density at radius 3 is 2.93 bits per heavy atom. The molecular formula is C22H24FN3O2. The second-order valence-electron chi connectivity index (χ2n) is 7.10. The van der Waals surface area contributed by atoms with Crippen molar-refractivity contribution in [3.05, 3.63) is 65.6 Å². The first-order valence-electron chi connectivity index (χ1n) is 9.61. The Morgan fingerprint density at radius 2 is 2.14 bits per heavy atom. The van der Waals surface area contributed by atoms with Crippen LogP contribution in [0, 0.1) is 12.7 Å². The van der Waals surface area contributed by atoms with E-state index in [1.54, 1.807) is 19.2 Å². The van der Waals surface area contributed by atoms with Crippen molar-refractivity contribution in [3.63, 3.8) is 0 Å². The van der Waals surface area contributed by atoms with Crippen LogP contribution in [0.3, 0.4) is 0 Å². The molecule has 0 N–H and O–H groups in total. The molecule has 1 unspecified atom stereocenters. The van der Waals surface area contributed by atoms with Crippen LogP contribution < -0.4 is 4.74 Å². The molecule has 5 nitrogen and oxygen atoms in total. The van der Waals surface area contributed by atoms with E-state index in [0.717, 1.165) is 30.8 Å². The fourth-order valence-electron chi connectivity index (χ4n) is 3.77. The summed E-state index contributed by atoms with van der Waals surface area (Å²) in [5.41, 5.74) is 2.23. The van der Waals surface area contributed by atoms with Crippen LogP contribution in [-0.4, -0.2) is 28.5 Å². The van der Waals surface area contributed by atoms with Gasteiger partial charge in [-0.15, -0.1) is 0 Å². The lowest BCUT2D eigenvalue weighted by Crippen LogP contribution is -2.33. The standard InChI is InChI=1S/C22H24FN3O2/c1-15-20(25-22(28-15)17-13-16(27-2)9-10-18(17)23)14-26-12-6-4-8-21(26)19-7-3-5-11-24-19/h3,5,7,9-11,13,21H,4,6,8,12,14H2,1-2H3. The minimum absolute atomic E-state index is 0.267. The highest BCUT2D eigenvalue weighted by Crippen LogP contribution is 2.33. The van der Waals surface area contributed by atoms with E-state index in [0.29, 0.717) is 23.6 Å². The van der Waals surface area contributed by atoms with Gasteiger partial charge < -0.3 is 9.15 Å². The number of pyridine rings is 1. The van der Waals surface area contributed by atoms with Crippen molar-refractivity contribution in [2.45, 2.75) is 38.8 Å². The van der Waals surface area contributed by atoms with Crippen molar-refractivity contribution >= 4 is 0 Å². The van der Waals surface area contributed by atoms with Crippen LogP contribution in [0.1, 0.15) is 42.5 Å². The predicted molar refractivity (Wildman–Crippen MR) is 104 cm³/mol. The largest absolute Gasteiger partial charge is 0.497 e. The summed E-state index contributed by atoms with van der Waals surface area (Å²) in [5.74, 6) is 1.19. The molecule has 0 amide bonds. The maximum absolute atomic E-state index is 14.3. The first-order chi connectivity index (χ1) is 13.7. The normalized spacial score (nSPS) is 17.6. The Labute approximate surface area is 164 Å². The van der Waals surface area contributed by atoms with Gasteiger partial charge in [0.25, 0.3) is 0 Å². The van der Waals surface area contributed by atoms with E-state index in [-0.39, 0.29) is 17.7 Å². The Kier molecular flexibility index (Phi) is 5.39. The number of rotatable bonds is 5. The van der Waals surface area contributed by atoms with Gasteiger partial charge in [0, 0.05) is 12.7 Å². The first kappa shape index (κ1) is 18.6. The molecule has 1 aliphatic heterocycles. The molecule has 0 radical (unpaired) electrons. The summed E-state index contributed by atoms with van der Waals surface area (Å²) in [7, 11) is 1.55. The number of halogens is 1. The highest BCUT2D eigenvalue weighted by Gasteiger charge is 2.27. The minimum atomic E-state index is -0.377. The van der Waals surface area contributed by atoms with Crippen LogP contribution in [0.5, 0.6) is 5.75 Å². The third kappa shape index (κ3) is 3.78. The van der Waals surface area contributed by atoms with E-state index in [1.807, 2.05) is 25.3 Å². The van der Waals surface area contributed by atoms with Crippen LogP contribution in [0.25, 0.3) is 11.5 Å². The highest BCUT2D eigenvalue weighted by atomic mass is 19.1. The van der Waals surface area contributed by atoms with Crippen LogP contribution in [0.15, 0.2) is 47.0 Å². The van der Waals surface area contributed by atoms with E-state index in [1.165, 1.54) is 12.5 Å². The number of benzene rings is 1.